The molecule has 8 heteroatoms. The van der Waals surface area contributed by atoms with Crippen molar-refractivity contribution in [2.75, 3.05) is 12.1 Å². The van der Waals surface area contributed by atoms with E-state index in [1.807, 2.05) is 6.07 Å². The zero-order valence-corrected chi connectivity index (χ0v) is 11.9. The van der Waals surface area contributed by atoms with Gasteiger partial charge in [-0.25, -0.2) is 8.42 Å². The number of hydrogen-bond donors (Lipinski definition) is 1. The molecule has 0 bridgehead atoms. The van der Waals surface area contributed by atoms with E-state index in [1.54, 1.807) is 31.3 Å². The van der Waals surface area contributed by atoms with Crippen LogP contribution in [0, 0.1) is 10.1 Å². The number of non-ortho nitro benzene ring substituents is 1. The highest BCUT2D eigenvalue weighted by Gasteiger charge is 2.17. The third-order valence-corrected chi connectivity index (χ3v) is 4.17. The first kappa shape index (κ1) is 14.9. The molecule has 0 saturated heterocycles. The van der Waals surface area contributed by atoms with Gasteiger partial charge in [0.1, 0.15) is 0 Å². The van der Waals surface area contributed by atoms with Crippen LogP contribution in [0.15, 0.2) is 59.5 Å². The van der Waals surface area contributed by atoms with Crippen LogP contribution in [0.5, 0.6) is 0 Å². The van der Waals surface area contributed by atoms with Gasteiger partial charge >= 0.3 is 0 Å². The lowest BCUT2D eigenvalue weighted by atomic mass is 10.3. The summed E-state index contributed by atoms with van der Waals surface area (Å²) in [5.41, 5.74) is 0.508. The van der Waals surface area contributed by atoms with E-state index in [4.69, 9.17) is 0 Å². The molecule has 0 amide bonds. The van der Waals surface area contributed by atoms with Crippen molar-refractivity contribution in [1.82, 2.24) is 4.83 Å². The molecule has 0 aliphatic rings. The molecule has 0 radical (unpaired) electrons. The predicted octanol–water partition coefficient (Wildman–Crippen LogP) is 1.92. The fourth-order valence-corrected chi connectivity index (χ4v) is 2.75. The number of nitrogens with one attached hydrogen (secondary N) is 1. The third kappa shape index (κ3) is 3.56. The Morgan fingerprint density at radius 3 is 2.14 bits per heavy atom. The van der Waals surface area contributed by atoms with E-state index in [2.05, 4.69) is 4.83 Å². The summed E-state index contributed by atoms with van der Waals surface area (Å²) in [4.78, 5) is 12.3. The lowest BCUT2D eigenvalue weighted by Crippen LogP contribution is -2.39. The standard InChI is InChI=1S/C13H13N3O4S/c1-15(11-5-3-2-4-6-11)14-21(19,20)13-9-7-12(8-10-13)16(17)18/h2-10,14H,1H3. The van der Waals surface area contributed by atoms with Crippen molar-refractivity contribution < 1.29 is 13.3 Å². The third-order valence-electron chi connectivity index (χ3n) is 2.76. The van der Waals surface area contributed by atoms with E-state index in [0.29, 0.717) is 5.69 Å². The summed E-state index contributed by atoms with van der Waals surface area (Å²) in [5.74, 6) is 0. The maximum absolute atomic E-state index is 12.2. The van der Waals surface area contributed by atoms with Gasteiger partial charge in [0, 0.05) is 19.2 Å². The minimum Gasteiger partial charge on any atom is -0.298 e. The highest BCUT2D eigenvalue weighted by molar-refractivity contribution is 7.89. The molecule has 1 N–H and O–H groups in total. The fraction of sp³-hybridized carbons (Fsp3) is 0.0769. The smallest absolute Gasteiger partial charge is 0.269 e. The van der Waals surface area contributed by atoms with Crippen molar-refractivity contribution in [3.63, 3.8) is 0 Å². The number of sulfonamides is 1. The number of hydrogen-bond acceptors (Lipinski definition) is 5. The first-order chi connectivity index (χ1) is 9.90. The Balaban J connectivity index is 2.20. The van der Waals surface area contributed by atoms with Crippen molar-refractivity contribution in [3.8, 4) is 0 Å². The SMILES string of the molecule is CN(NS(=O)(=O)c1ccc([N+](=O)[O-])cc1)c1ccccc1. The summed E-state index contributed by atoms with van der Waals surface area (Å²) in [6.07, 6.45) is 0. The molecule has 110 valence electrons. The number of benzene rings is 2. The fourth-order valence-electron chi connectivity index (χ4n) is 1.68. The summed E-state index contributed by atoms with van der Waals surface area (Å²) in [7, 11) is -2.23. The van der Waals surface area contributed by atoms with E-state index in [-0.39, 0.29) is 10.6 Å². The summed E-state index contributed by atoms with van der Waals surface area (Å²) in [6, 6.07) is 13.6. The molecule has 0 saturated carbocycles. The van der Waals surface area contributed by atoms with Crippen LogP contribution in [-0.2, 0) is 10.0 Å². The Labute approximate surface area is 122 Å². The lowest BCUT2D eigenvalue weighted by Gasteiger charge is -2.20. The molecule has 21 heavy (non-hydrogen) atoms. The van der Waals surface area contributed by atoms with Crippen molar-refractivity contribution in [1.29, 1.82) is 0 Å². The Bertz CT molecular complexity index is 730. The van der Waals surface area contributed by atoms with E-state index in [0.717, 1.165) is 12.1 Å². The molecule has 0 atom stereocenters. The first-order valence-electron chi connectivity index (χ1n) is 5.96. The molecular weight excluding hydrogens is 294 g/mol. The van der Waals surface area contributed by atoms with Crippen LogP contribution in [0.3, 0.4) is 0 Å². The normalized spacial score (nSPS) is 11.1. The summed E-state index contributed by atoms with van der Waals surface area (Å²) < 4.78 is 24.3. The molecule has 0 unspecified atom stereocenters. The molecule has 0 heterocycles. The summed E-state index contributed by atoms with van der Waals surface area (Å²) in [6.45, 7) is 0. The molecule has 0 spiro atoms. The number of anilines is 1. The molecule has 0 aromatic heterocycles. The molecular formula is C13H13N3O4S. The van der Waals surface area contributed by atoms with Crippen LogP contribution < -0.4 is 9.84 Å². The van der Waals surface area contributed by atoms with Gasteiger partial charge < -0.3 is 0 Å². The minimum absolute atomic E-state index is 0.0455. The Morgan fingerprint density at radius 1 is 1.05 bits per heavy atom. The van der Waals surface area contributed by atoms with Crippen LogP contribution >= 0.6 is 0 Å². The molecule has 2 rings (SSSR count). The van der Waals surface area contributed by atoms with Gasteiger partial charge in [0.2, 0.25) is 0 Å². The van der Waals surface area contributed by atoms with Gasteiger partial charge in [0.25, 0.3) is 15.7 Å². The largest absolute Gasteiger partial charge is 0.298 e. The number of hydrazine groups is 1. The molecule has 0 aliphatic carbocycles. The van der Waals surface area contributed by atoms with Gasteiger partial charge in [-0.2, -0.15) is 0 Å². The quantitative estimate of drug-likeness (QED) is 0.673. The molecule has 7 nitrogen and oxygen atoms in total. The van der Waals surface area contributed by atoms with Crippen LogP contribution in [0.4, 0.5) is 11.4 Å². The van der Waals surface area contributed by atoms with Gasteiger partial charge in [-0.05, 0) is 24.3 Å². The Kier molecular flexibility index (Phi) is 4.20. The lowest BCUT2D eigenvalue weighted by molar-refractivity contribution is -0.384. The Hall–Kier alpha value is -2.45. The number of nitro groups is 1. The van der Waals surface area contributed by atoms with E-state index >= 15 is 0 Å². The highest BCUT2D eigenvalue weighted by atomic mass is 32.2. The predicted molar refractivity (Wildman–Crippen MR) is 78.3 cm³/mol. The molecule has 2 aromatic carbocycles. The summed E-state index contributed by atoms with van der Waals surface area (Å²) in [5, 5.41) is 11.9. The second kappa shape index (κ2) is 5.90. The second-order valence-corrected chi connectivity index (χ2v) is 5.90. The Morgan fingerprint density at radius 2 is 1.62 bits per heavy atom. The minimum atomic E-state index is -3.80. The maximum atomic E-state index is 12.2. The zero-order chi connectivity index (χ0) is 15.5. The second-order valence-electron chi connectivity index (χ2n) is 4.24. The van der Waals surface area contributed by atoms with Crippen LogP contribution in [-0.4, -0.2) is 20.4 Å². The van der Waals surface area contributed by atoms with Crippen molar-refractivity contribution in [2.45, 2.75) is 4.90 Å². The van der Waals surface area contributed by atoms with Gasteiger partial charge in [-0.15, -0.1) is 4.83 Å². The van der Waals surface area contributed by atoms with E-state index in [1.165, 1.54) is 17.1 Å². The number of nitrogens with zero attached hydrogens (tertiary/aromatic N) is 2. The first-order valence-corrected chi connectivity index (χ1v) is 7.44. The van der Waals surface area contributed by atoms with Gasteiger partial charge in [0.05, 0.1) is 15.5 Å². The monoisotopic (exact) mass is 307 g/mol. The van der Waals surface area contributed by atoms with Crippen LogP contribution in [0.2, 0.25) is 0 Å². The van der Waals surface area contributed by atoms with Crippen molar-refractivity contribution in [3.05, 3.63) is 64.7 Å². The molecule has 2 aromatic rings. The van der Waals surface area contributed by atoms with Crippen molar-refractivity contribution >= 4 is 21.4 Å². The van der Waals surface area contributed by atoms with Crippen LogP contribution in [0.1, 0.15) is 0 Å². The van der Waals surface area contributed by atoms with Gasteiger partial charge in [-0.1, -0.05) is 18.2 Å². The topological polar surface area (TPSA) is 92.6 Å². The van der Waals surface area contributed by atoms with Crippen LogP contribution in [0.25, 0.3) is 0 Å². The van der Waals surface area contributed by atoms with E-state index in [9.17, 15) is 18.5 Å². The zero-order valence-electron chi connectivity index (χ0n) is 11.1. The summed E-state index contributed by atoms with van der Waals surface area (Å²) >= 11 is 0. The van der Waals surface area contributed by atoms with Crippen molar-refractivity contribution in [2.24, 2.45) is 0 Å². The van der Waals surface area contributed by atoms with Gasteiger partial charge in [-0.3, -0.25) is 15.1 Å². The average molecular weight is 307 g/mol. The van der Waals surface area contributed by atoms with E-state index < -0.39 is 14.9 Å². The average Bonchev–Trinajstić information content (AvgIpc) is 2.48. The maximum Gasteiger partial charge on any atom is 0.269 e. The molecule has 0 fully saturated rings. The van der Waals surface area contributed by atoms with Gasteiger partial charge in [0.15, 0.2) is 0 Å². The number of rotatable bonds is 5. The number of para-hydroxylation sites is 1. The highest BCUT2D eigenvalue weighted by Crippen LogP contribution is 2.17. The molecule has 0 aliphatic heterocycles. The number of nitro benzene ring substituents is 1.